The van der Waals surface area contributed by atoms with Crippen LogP contribution in [0.3, 0.4) is 0 Å². The van der Waals surface area contributed by atoms with E-state index >= 15 is 0 Å². The van der Waals surface area contributed by atoms with Gasteiger partial charge in [0.2, 0.25) is 0 Å². The van der Waals surface area contributed by atoms with E-state index < -0.39 is 6.10 Å². The lowest BCUT2D eigenvalue weighted by Crippen LogP contribution is -2.19. The van der Waals surface area contributed by atoms with E-state index in [4.69, 9.17) is 10.5 Å². The third-order valence-corrected chi connectivity index (χ3v) is 2.90. The van der Waals surface area contributed by atoms with Crippen molar-refractivity contribution in [3.05, 3.63) is 47.4 Å². The van der Waals surface area contributed by atoms with Gasteiger partial charge in [0.15, 0.2) is 5.75 Å². The number of nitrogens with two attached hydrogens (primary N) is 1. The van der Waals surface area contributed by atoms with E-state index in [1.54, 1.807) is 25.1 Å². The zero-order chi connectivity index (χ0) is 14.7. The molecule has 0 spiro atoms. The Morgan fingerprint density at radius 3 is 2.80 bits per heavy atom. The third-order valence-electron chi connectivity index (χ3n) is 2.90. The smallest absolute Gasteiger partial charge is 0.271 e. The second-order valence-electron chi connectivity index (χ2n) is 4.32. The molecule has 0 saturated heterocycles. The van der Waals surface area contributed by atoms with E-state index in [2.05, 4.69) is 10.3 Å². The van der Waals surface area contributed by atoms with Crippen LogP contribution < -0.4 is 15.8 Å². The predicted octanol–water partition coefficient (Wildman–Crippen LogP) is 2.24. The molecule has 5 nitrogen and oxygen atoms in total. The van der Waals surface area contributed by atoms with Crippen LogP contribution in [-0.4, -0.2) is 17.9 Å². The molecule has 20 heavy (non-hydrogen) atoms. The van der Waals surface area contributed by atoms with Gasteiger partial charge in [-0.2, -0.15) is 0 Å². The SMILES string of the molecule is CNC(=O)c1[nH]c(N)cc1O[C@@H](C)c1ccccc1F. The van der Waals surface area contributed by atoms with Gasteiger partial charge in [0.1, 0.15) is 23.4 Å². The lowest BCUT2D eigenvalue weighted by atomic mass is 10.1. The van der Waals surface area contributed by atoms with Crippen molar-refractivity contribution in [2.24, 2.45) is 0 Å². The monoisotopic (exact) mass is 277 g/mol. The van der Waals surface area contributed by atoms with E-state index in [0.717, 1.165) is 0 Å². The number of nitrogens with one attached hydrogen (secondary N) is 2. The molecule has 2 aromatic rings. The van der Waals surface area contributed by atoms with Crippen molar-refractivity contribution in [2.75, 3.05) is 12.8 Å². The van der Waals surface area contributed by atoms with E-state index in [1.165, 1.54) is 19.2 Å². The van der Waals surface area contributed by atoms with Crippen LogP contribution in [-0.2, 0) is 0 Å². The number of aromatic nitrogens is 1. The number of aromatic amines is 1. The molecule has 1 amide bonds. The number of ether oxygens (including phenoxy) is 1. The zero-order valence-electron chi connectivity index (χ0n) is 11.2. The maximum absolute atomic E-state index is 13.7. The molecule has 0 fully saturated rings. The highest BCUT2D eigenvalue weighted by molar-refractivity contribution is 5.95. The van der Waals surface area contributed by atoms with Gasteiger partial charge in [-0.3, -0.25) is 4.79 Å². The average molecular weight is 277 g/mol. The number of hydrogen-bond acceptors (Lipinski definition) is 3. The number of anilines is 1. The molecule has 0 radical (unpaired) electrons. The van der Waals surface area contributed by atoms with Crippen molar-refractivity contribution in [2.45, 2.75) is 13.0 Å². The molecule has 0 aliphatic carbocycles. The van der Waals surface area contributed by atoms with Gasteiger partial charge in [-0.1, -0.05) is 18.2 Å². The maximum Gasteiger partial charge on any atom is 0.271 e. The quantitative estimate of drug-likeness (QED) is 0.801. The highest BCUT2D eigenvalue weighted by atomic mass is 19.1. The second-order valence-corrected chi connectivity index (χ2v) is 4.32. The van der Waals surface area contributed by atoms with Crippen LogP contribution in [0.5, 0.6) is 5.75 Å². The van der Waals surface area contributed by atoms with Crippen LogP contribution in [0.25, 0.3) is 0 Å². The van der Waals surface area contributed by atoms with E-state index in [1.807, 2.05) is 0 Å². The number of H-pyrrole nitrogens is 1. The van der Waals surface area contributed by atoms with Crippen molar-refractivity contribution in [3.63, 3.8) is 0 Å². The molecule has 106 valence electrons. The Morgan fingerprint density at radius 2 is 2.15 bits per heavy atom. The fourth-order valence-electron chi connectivity index (χ4n) is 1.90. The predicted molar refractivity (Wildman–Crippen MR) is 74.0 cm³/mol. The van der Waals surface area contributed by atoms with Gasteiger partial charge in [-0.25, -0.2) is 4.39 Å². The van der Waals surface area contributed by atoms with Crippen molar-refractivity contribution in [1.82, 2.24) is 10.3 Å². The molecule has 1 atom stereocenters. The first-order valence-electron chi connectivity index (χ1n) is 6.14. The number of hydrogen-bond donors (Lipinski definition) is 3. The van der Waals surface area contributed by atoms with Crippen molar-refractivity contribution < 1.29 is 13.9 Å². The molecule has 0 unspecified atom stereocenters. The summed E-state index contributed by atoms with van der Waals surface area (Å²) in [7, 11) is 1.50. The number of rotatable bonds is 4. The van der Waals surface area contributed by atoms with Crippen LogP contribution in [0.1, 0.15) is 29.1 Å². The summed E-state index contributed by atoms with van der Waals surface area (Å²) in [6, 6.07) is 7.83. The Bertz CT molecular complexity index is 625. The Morgan fingerprint density at radius 1 is 1.45 bits per heavy atom. The van der Waals surface area contributed by atoms with E-state index in [-0.39, 0.29) is 23.2 Å². The fourth-order valence-corrected chi connectivity index (χ4v) is 1.90. The standard InChI is InChI=1S/C14H16FN3O2/c1-8(9-5-3-4-6-10(9)15)20-11-7-12(16)18-13(11)14(19)17-2/h3-8,18H,16H2,1-2H3,(H,17,19)/t8-/m0/s1. The summed E-state index contributed by atoms with van der Waals surface area (Å²) in [6.45, 7) is 1.70. The van der Waals surface area contributed by atoms with Crippen LogP contribution in [0.15, 0.2) is 30.3 Å². The zero-order valence-corrected chi connectivity index (χ0v) is 11.2. The minimum absolute atomic E-state index is 0.216. The molecule has 0 saturated carbocycles. The van der Waals surface area contributed by atoms with E-state index in [9.17, 15) is 9.18 Å². The normalized spacial score (nSPS) is 11.9. The molecule has 4 N–H and O–H groups in total. The Labute approximate surface area is 115 Å². The van der Waals surface area contributed by atoms with Crippen LogP contribution >= 0.6 is 0 Å². The van der Waals surface area contributed by atoms with Crippen molar-refractivity contribution in [1.29, 1.82) is 0 Å². The first kappa shape index (κ1) is 13.9. The molecule has 1 aromatic heterocycles. The number of nitrogen functional groups attached to an aromatic ring is 1. The molecule has 0 aliphatic heterocycles. The van der Waals surface area contributed by atoms with Crippen LogP contribution in [0.2, 0.25) is 0 Å². The Kier molecular flexibility index (Phi) is 3.93. The highest BCUT2D eigenvalue weighted by Gasteiger charge is 2.19. The summed E-state index contributed by atoms with van der Waals surface area (Å²) >= 11 is 0. The fraction of sp³-hybridized carbons (Fsp3) is 0.214. The van der Waals surface area contributed by atoms with Gasteiger partial charge < -0.3 is 20.8 Å². The van der Waals surface area contributed by atoms with Crippen LogP contribution in [0.4, 0.5) is 10.2 Å². The summed E-state index contributed by atoms with van der Waals surface area (Å²) in [5.74, 6) is -0.112. The second kappa shape index (κ2) is 5.64. The number of benzene rings is 1. The van der Waals surface area contributed by atoms with Crippen molar-refractivity contribution in [3.8, 4) is 5.75 Å². The van der Waals surface area contributed by atoms with Gasteiger partial charge in [0, 0.05) is 18.7 Å². The summed E-state index contributed by atoms with van der Waals surface area (Å²) in [4.78, 5) is 14.4. The first-order valence-corrected chi connectivity index (χ1v) is 6.14. The summed E-state index contributed by atoms with van der Waals surface area (Å²) in [5.41, 5.74) is 6.25. The number of carbonyl (C=O) groups is 1. The number of carbonyl (C=O) groups excluding carboxylic acids is 1. The minimum atomic E-state index is -0.546. The Hall–Kier alpha value is -2.50. The lowest BCUT2D eigenvalue weighted by molar-refractivity contribution is 0.0952. The lowest BCUT2D eigenvalue weighted by Gasteiger charge is -2.15. The van der Waals surface area contributed by atoms with Crippen molar-refractivity contribution >= 4 is 11.7 Å². The summed E-state index contributed by atoms with van der Waals surface area (Å²) in [6.07, 6.45) is -0.546. The Balaban J connectivity index is 2.26. The molecule has 1 heterocycles. The molecule has 6 heteroatoms. The maximum atomic E-state index is 13.7. The molecule has 0 bridgehead atoms. The molecule has 1 aromatic carbocycles. The molecular formula is C14H16FN3O2. The summed E-state index contributed by atoms with van der Waals surface area (Å²) in [5, 5.41) is 2.48. The van der Waals surface area contributed by atoms with Gasteiger partial charge >= 0.3 is 0 Å². The number of halogens is 1. The van der Waals surface area contributed by atoms with Gasteiger partial charge in [0.25, 0.3) is 5.91 Å². The first-order chi connectivity index (χ1) is 9.52. The topological polar surface area (TPSA) is 80.1 Å². The van der Waals surface area contributed by atoms with Crippen LogP contribution in [0, 0.1) is 5.82 Å². The average Bonchev–Trinajstić information content (AvgIpc) is 2.79. The molecule has 2 rings (SSSR count). The highest BCUT2D eigenvalue weighted by Crippen LogP contribution is 2.28. The number of amides is 1. The largest absolute Gasteiger partial charge is 0.483 e. The van der Waals surface area contributed by atoms with Gasteiger partial charge in [-0.05, 0) is 13.0 Å². The minimum Gasteiger partial charge on any atom is -0.483 e. The van der Waals surface area contributed by atoms with E-state index in [0.29, 0.717) is 11.4 Å². The molecule has 0 aliphatic rings. The van der Waals surface area contributed by atoms with Gasteiger partial charge in [0.05, 0.1) is 0 Å². The molecular weight excluding hydrogens is 261 g/mol. The summed E-state index contributed by atoms with van der Waals surface area (Å²) < 4.78 is 19.3. The third kappa shape index (κ3) is 2.74. The van der Waals surface area contributed by atoms with Gasteiger partial charge in [-0.15, -0.1) is 0 Å².